The summed E-state index contributed by atoms with van der Waals surface area (Å²) in [7, 11) is 1.63. The van der Waals surface area contributed by atoms with Gasteiger partial charge in [0.1, 0.15) is 5.75 Å². The molecule has 0 amide bonds. The number of hydrogen-bond acceptors (Lipinski definition) is 3. The summed E-state index contributed by atoms with van der Waals surface area (Å²) < 4.78 is 5.31. The molecular weight excluding hydrogens is 278 g/mol. The molecule has 1 fully saturated rings. The fourth-order valence-electron chi connectivity index (χ4n) is 2.66. The molecule has 4 nitrogen and oxygen atoms in total. The van der Waals surface area contributed by atoms with Gasteiger partial charge in [0, 0.05) is 23.2 Å². The number of ether oxygens (including phenoxy) is 1. The molecule has 1 aromatic carbocycles. The largest absolute Gasteiger partial charge is 0.496 e. The van der Waals surface area contributed by atoms with Gasteiger partial charge in [-0.2, -0.15) is 0 Å². The average Bonchev–Trinajstić information content (AvgIpc) is 2.46. The Morgan fingerprint density at radius 3 is 2.70 bits per heavy atom. The van der Waals surface area contributed by atoms with Crippen molar-refractivity contribution in [3.63, 3.8) is 0 Å². The fourth-order valence-corrected chi connectivity index (χ4v) is 2.83. The van der Waals surface area contributed by atoms with Crippen LogP contribution in [0.5, 0.6) is 5.75 Å². The Kier molecular flexibility index (Phi) is 5.26. The van der Waals surface area contributed by atoms with Crippen molar-refractivity contribution < 1.29 is 14.6 Å². The molecule has 0 aromatic heterocycles. The van der Waals surface area contributed by atoms with Gasteiger partial charge in [0.05, 0.1) is 13.0 Å². The highest BCUT2D eigenvalue weighted by Gasteiger charge is 2.25. The molecule has 20 heavy (non-hydrogen) atoms. The van der Waals surface area contributed by atoms with Crippen LogP contribution in [0.1, 0.15) is 31.2 Å². The van der Waals surface area contributed by atoms with E-state index in [1.807, 2.05) is 12.1 Å². The summed E-state index contributed by atoms with van der Waals surface area (Å²) in [4.78, 5) is 10.9. The summed E-state index contributed by atoms with van der Waals surface area (Å²) in [6.45, 7) is 0.711. The van der Waals surface area contributed by atoms with Gasteiger partial charge in [-0.15, -0.1) is 0 Å². The van der Waals surface area contributed by atoms with E-state index in [-0.39, 0.29) is 5.92 Å². The molecule has 0 saturated heterocycles. The third-order valence-electron chi connectivity index (χ3n) is 3.91. The molecule has 2 rings (SSSR count). The van der Waals surface area contributed by atoms with Gasteiger partial charge in [0.15, 0.2) is 0 Å². The minimum atomic E-state index is -0.664. The van der Waals surface area contributed by atoms with Crippen LogP contribution < -0.4 is 10.1 Å². The van der Waals surface area contributed by atoms with Crippen LogP contribution in [0.25, 0.3) is 0 Å². The second-order valence-corrected chi connectivity index (χ2v) is 5.66. The molecular formula is C15H20ClNO3. The molecule has 1 aliphatic rings. The zero-order valence-corrected chi connectivity index (χ0v) is 12.3. The van der Waals surface area contributed by atoms with Gasteiger partial charge in [-0.3, -0.25) is 4.79 Å². The van der Waals surface area contributed by atoms with Crippen LogP contribution in [0.3, 0.4) is 0 Å². The average molecular weight is 298 g/mol. The maximum absolute atomic E-state index is 10.9. The maximum atomic E-state index is 10.9. The molecule has 110 valence electrons. The SMILES string of the molecule is COc1cc(Cl)ccc1CNC1CCC(C(=O)O)CC1. The van der Waals surface area contributed by atoms with Crippen molar-refractivity contribution in [3.8, 4) is 5.75 Å². The maximum Gasteiger partial charge on any atom is 0.306 e. The Labute approximate surface area is 124 Å². The lowest BCUT2D eigenvalue weighted by Crippen LogP contribution is -2.34. The minimum absolute atomic E-state index is 0.168. The summed E-state index contributed by atoms with van der Waals surface area (Å²) >= 11 is 5.93. The minimum Gasteiger partial charge on any atom is -0.496 e. The van der Waals surface area contributed by atoms with Gasteiger partial charge >= 0.3 is 5.97 Å². The zero-order valence-electron chi connectivity index (χ0n) is 11.6. The van der Waals surface area contributed by atoms with Crippen molar-refractivity contribution >= 4 is 17.6 Å². The molecule has 1 aromatic rings. The van der Waals surface area contributed by atoms with Crippen molar-refractivity contribution in [1.29, 1.82) is 0 Å². The van der Waals surface area contributed by atoms with Crippen molar-refractivity contribution in [1.82, 2.24) is 5.32 Å². The van der Waals surface area contributed by atoms with Gasteiger partial charge in [-0.25, -0.2) is 0 Å². The summed E-state index contributed by atoms with van der Waals surface area (Å²) in [5, 5.41) is 13.1. The van der Waals surface area contributed by atoms with Gasteiger partial charge in [-0.1, -0.05) is 17.7 Å². The lowest BCUT2D eigenvalue weighted by Gasteiger charge is -2.27. The number of aliphatic carboxylic acids is 1. The highest BCUT2D eigenvalue weighted by Crippen LogP contribution is 2.26. The van der Waals surface area contributed by atoms with Crippen LogP contribution in [-0.2, 0) is 11.3 Å². The molecule has 0 radical (unpaired) electrons. The number of carboxylic acids is 1. The van der Waals surface area contributed by atoms with Crippen molar-refractivity contribution in [3.05, 3.63) is 28.8 Å². The molecule has 0 spiro atoms. The smallest absolute Gasteiger partial charge is 0.306 e. The number of carbonyl (C=O) groups is 1. The van der Waals surface area contributed by atoms with Crippen molar-refractivity contribution in [2.45, 2.75) is 38.3 Å². The third kappa shape index (κ3) is 3.87. The van der Waals surface area contributed by atoms with Crippen LogP contribution in [0.2, 0.25) is 5.02 Å². The first-order valence-electron chi connectivity index (χ1n) is 6.88. The first kappa shape index (κ1) is 15.1. The Balaban J connectivity index is 1.86. The molecule has 0 unspecified atom stereocenters. The number of carboxylic acid groups (broad SMARTS) is 1. The molecule has 1 aliphatic carbocycles. The molecule has 2 N–H and O–H groups in total. The Morgan fingerprint density at radius 1 is 1.40 bits per heavy atom. The van der Waals surface area contributed by atoms with E-state index in [1.165, 1.54) is 0 Å². The van der Waals surface area contributed by atoms with Crippen molar-refractivity contribution in [2.75, 3.05) is 7.11 Å². The molecule has 0 bridgehead atoms. The number of benzene rings is 1. The first-order valence-corrected chi connectivity index (χ1v) is 7.26. The number of halogens is 1. The Bertz CT molecular complexity index is 470. The van der Waals surface area contributed by atoms with Gasteiger partial charge < -0.3 is 15.2 Å². The number of nitrogens with one attached hydrogen (secondary N) is 1. The molecule has 1 saturated carbocycles. The lowest BCUT2D eigenvalue weighted by molar-refractivity contribution is -0.142. The Morgan fingerprint density at radius 2 is 2.10 bits per heavy atom. The number of rotatable bonds is 5. The molecule has 0 aliphatic heterocycles. The van der Waals surface area contributed by atoms with Crippen LogP contribution in [0.4, 0.5) is 0 Å². The topological polar surface area (TPSA) is 58.6 Å². The van der Waals surface area contributed by atoms with Gasteiger partial charge in [0.25, 0.3) is 0 Å². The van der Waals surface area contributed by atoms with E-state index in [1.54, 1.807) is 13.2 Å². The lowest BCUT2D eigenvalue weighted by atomic mass is 9.86. The van der Waals surface area contributed by atoms with E-state index in [2.05, 4.69) is 5.32 Å². The normalized spacial score (nSPS) is 22.5. The number of hydrogen-bond donors (Lipinski definition) is 2. The van der Waals surface area contributed by atoms with E-state index in [0.717, 1.165) is 37.0 Å². The Hall–Kier alpha value is -1.26. The van der Waals surface area contributed by atoms with Crippen LogP contribution in [0.15, 0.2) is 18.2 Å². The molecule has 0 atom stereocenters. The second-order valence-electron chi connectivity index (χ2n) is 5.22. The number of methoxy groups -OCH3 is 1. The van der Waals surface area contributed by atoms with Crippen LogP contribution in [-0.4, -0.2) is 24.2 Å². The predicted molar refractivity (Wildman–Crippen MR) is 78.2 cm³/mol. The standard InChI is InChI=1S/C15H20ClNO3/c1-20-14-8-12(16)5-2-11(14)9-17-13-6-3-10(4-7-13)15(18)19/h2,5,8,10,13,17H,3-4,6-7,9H2,1H3,(H,18,19). The first-order chi connectivity index (χ1) is 9.60. The monoisotopic (exact) mass is 297 g/mol. The summed E-state index contributed by atoms with van der Waals surface area (Å²) in [5.74, 6) is -0.0508. The molecule has 5 heteroatoms. The van der Waals surface area contributed by atoms with E-state index in [4.69, 9.17) is 21.4 Å². The van der Waals surface area contributed by atoms with Gasteiger partial charge in [-0.05, 0) is 37.8 Å². The quantitative estimate of drug-likeness (QED) is 0.877. The highest BCUT2D eigenvalue weighted by atomic mass is 35.5. The van der Waals surface area contributed by atoms with Gasteiger partial charge in [0.2, 0.25) is 0 Å². The van der Waals surface area contributed by atoms with Crippen LogP contribution in [0, 0.1) is 5.92 Å². The van der Waals surface area contributed by atoms with E-state index < -0.39 is 5.97 Å². The second kappa shape index (κ2) is 6.95. The summed E-state index contributed by atoms with van der Waals surface area (Å²) in [6, 6.07) is 5.99. The van der Waals surface area contributed by atoms with E-state index in [9.17, 15) is 4.79 Å². The summed E-state index contributed by atoms with van der Waals surface area (Å²) in [5.41, 5.74) is 1.07. The predicted octanol–water partition coefficient (Wildman–Crippen LogP) is 3.08. The van der Waals surface area contributed by atoms with E-state index >= 15 is 0 Å². The summed E-state index contributed by atoms with van der Waals surface area (Å²) in [6.07, 6.45) is 3.33. The van der Waals surface area contributed by atoms with Crippen LogP contribution >= 0.6 is 11.6 Å². The highest BCUT2D eigenvalue weighted by molar-refractivity contribution is 6.30. The van der Waals surface area contributed by atoms with Crippen molar-refractivity contribution in [2.24, 2.45) is 5.92 Å². The molecule has 0 heterocycles. The fraction of sp³-hybridized carbons (Fsp3) is 0.533. The van der Waals surface area contributed by atoms with E-state index in [0.29, 0.717) is 17.6 Å². The third-order valence-corrected chi connectivity index (χ3v) is 4.14. The zero-order chi connectivity index (χ0) is 14.5.